The van der Waals surface area contributed by atoms with Gasteiger partial charge in [-0.1, -0.05) is 6.42 Å². The molecule has 3 aromatic rings. The highest BCUT2D eigenvalue weighted by molar-refractivity contribution is 7.89. The Kier molecular flexibility index (Phi) is 6.31. The molecular weight excluding hydrogens is 445 g/mol. The van der Waals surface area contributed by atoms with Crippen LogP contribution in [0, 0.1) is 19.7 Å². The van der Waals surface area contributed by atoms with Gasteiger partial charge < -0.3 is 9.88 Å². The first-order valence-electron chi connectivity index (χ1n) is 10.8. The van der Waals surface area contributed by atoms with Crippen molar-refractivity contribution in [3.8, 4) is 11.4 Å². The molecule has 33 heavy (non-hydrogen) atoms. The number of sulfonamides is 1. The fraction of sp³-hybridized carbons (Fsp3) is 0.348. The minimum absolute atomic E-state index is 0.0427. The zero-order valence-electron chi connectivity index (χ0n) is 18.8. The van der Waals surface area contributed by atoms with Gasteiger partial charge in [-0.3, -0.25) is 4.79 Å². The van der Waals surface area contributed by atoms with E-state index in [1.165, 1.54) is 31.3 Å². The summed E-state index contributed by atoms with van der Waals surface area (Å²) in [6.45, 7) is 4.15. The number of hydrogen-bond donors (Lipinski definition) is 2. The van der Waals surface area contributed by atoms with Gasteiger partial charge in [0.2, 0.25) is 10.0 Å². The highest BCUT2D eigenvalue weighted by Crippen LogP contribution is 2.28. The summed E-state index contributed by atoms with van der Waals surface area (Å²) in [7, 11) is -2.41. The molecule has 2 aromatic carbocycles. The lowest BCUT2D eigenvalue weighted by Gasteiger charge is -2.13. The summed E-state index contributed by atoms with van der Waals surface area (Å²) in [5, 5.41) is 11.2. The van der Waals surface area contributed by atoms with Crippen molar-refractivity contribution in [2.75, 3.05) is 12.4 Å². The smallest absolute Gasteiger partial charge is 0.255 e. The molecule has 0 atom stereocenters. The van der Waals surface area contributed by atoms with Crippen LogP contribution < -0.4 is 10.0 Å². The maximum atomic E-state index is 14.7. The van der Waals surface area contributed by atoms with Crippen LogP contribution in [0.4, 0.5) is 10.1 Å². The van der Waals surface area contributed by atoms with Crippen molar-refractivity contribution in [1.29, 1.82) is 0 Å². The fourth-order valence-corrected chi connectivity index (χ4v) is 5.08. The van der Waals surface area contributed by atoms with Crippen LogP contribution in [-0.4, -0.2) is 36.1 Å². The number of rotatable bonds is 5. The summed E-state index contributed by atoms with van der Waals surface area (Å²) >= 11 is 0. The molecule has 2 N–H and O–H groups in total. The Labute approximate surface area is 192 Å². The van der Waals surface area contributed by atoms with Gasteiger partial charge in [-0.15, -0.1) is 10.2 Å². The molecular formula is C23H26FN5O3S. The van der Waals surface area contributed by atoms with Crippen LogP contribution in [0.25, 0.3) is 11.4 Å². The summed E-state index contributed by atoms with van der Waals surface area (Å²) < 4.78 is 43.7. The predicted octanol–water partition coefficient (Wildman–Crippen LogP) is 3.59. The number of nitrogens with one attached hydrogen (secondary N) is 2. The number of anilines is 1. The summed E-state index contributed by atoms with van der Waals surface area (Å²) in [6, 6.07) is 7.24. The van der Waals surface area contributed by atoms with Crippen LogP contribution in [0.15, 0.2) is 35.2 Å². The van der Waals surface area contributed by atoms with Crippen LogP contribution in [0.1, 0.15) is 46.6 Å². The van der Waals surface area contributed by atoms with E-state index in [9.17, 15) is 17.6 Å². The van der Waals surface area contributed by atoms with E-state index in [2.05, 4.69) is 20.2 Å². The van der Waals surface area contributed by atoms with Crippen LogP contribution >= 0.6 is 0 Å². The third-order valence-electron chi connectivity index (χ3n) is 6.01. The SMILES string of the molecule is CNS(=O)(=O)c1cc(C(=O)Nc2ccc(F)c(-c3nnc4n3CCCCC4)c2)cc(C)c1C. The van der Waals surface area contributed by atoms with E-state index >= 15 is 0 Å². The Morgan fingerprint density at radius 3 is 2.64 bits per heavy atom. The molecule has 0 bridgehead atoms. The summed E-state index contributed by atoms with van der Waals surface area (Å²) in [5.41, 5.74) is 2.06. The molecule has 8 nitrogen and oxygen atoms in total. The molecule has 0 unspecified atom stereocenters. The zero-order valence-corrected chi connectivity index (χ0v) is 19.6. The molecule has 2 heterocycles. The third kappa shape index (κ3) is 4.53. The lowest BCUT2D eigenvalue weighted by molar-refractivity contribution is 0.102. The predicted molar refractivity (Wildman–Crippen MR) is 123 cm³/mol. The van der Waals surface area contributed by atoms with Gasteiger partial charge in [0.25, 0.3) is 5.91 Å². The Balaban J connectivity index is 1.67. The van der Waals surface area contributed by atoms with Crippen molar-refractivity contribution < 1.29 is 17.6 Å². The lowest BCUT2D eigenvalue weighted by atomic mass is 10.1. The van der Waals surface area contributed by atoms with Gasteiger partial charge in [-0.2, -0.15) is 0 Å². The van der Waals surface area contributed by atoms with Crippen molar-refractivity contribution in [3.05, 3.63) is 58.7 Å². The topological polar surface area (TPSA) is 106 Å². The molecule has 0 saturated carbocycles. The fourth-order valence-electron chi connectivity index (χ4n) is 4.01. The minimum Gasteiger partial charge on any atom is -0.322 e. The van der Waals surface area contributed by atoms with Gasteiger partial charge in [0.05, 0.1) is 10.5 Å². The van der Waals surface area contributed by atoms with Crippen LogP contribution in [0.5, 0.6) is 0 Å². The summed E-state index contributed by atoms with van der Waals surface area (Å²) in [4.78, 5) is 13.0. The minimum atomic E-state index is -3.73. The second-order valence-electron chi connectivity index (χ2n) is 8.17. The largest absolute Gasteiger partial charge is 0.322 e. The standard InChI is InChI=1S/C23H26FN5O3S/c1-14-11-16(12-20(15(14)2)33(31,32)25-3)23(30)26-17-8-9-19(24)18(13-17)22-28-27-21-7-5-4-6-10-29(21)22/h8-9,11-13,25H,4-7,10H2,1-3H3,(H,26,30). The quantitative estimate of drug-likeness (QED) is 0.592. The number of carbonyl (C=O) groups is 1. The average molecular weight is 472 g/mol. The van der Waals surface area contributed by atoms with Gasteiger partial charge >= 0.3 is 0 Å². The van der Waals surface area contributed by atoms with E-state index in [-0.39, 0.29) is 16.0 Å². The maximum Gasteiger partial charge on any atom is 0.255 e. The third-order valence-corrected chi connectivity index (χ3v) is 7.56. The molecule has 1 aromatic heterocycles. The van der Waals surface area contributed by atoms with Crippen molar-refractivity contribution >= 4 is 21.6 Å². The first-order valence-corrected chi connectivity index (χ1v) is 12.3. The van der Waals surface area contributed by atoms with E-state index in [4.69, 9.17) is 0 Å². The molecule has 4 rings (SSSR count). The molecule has 0 spiro atoms. The average Bonchev–Trinajstić information content (AvgIpc) is 3.04. The van der Waals surface area contributed by atoms with Gasteiger partial charge in [0, 0.05) is 24.2 Å². The van der Waals surface area contributed by atoms with E-state index in [1.54, 1.807) is 19.9 Å². The highest BCUT2D eigenvalue weighted by Gasteiger charge is 2.21. The number of carbonyl (C=O) groups excluding carboxylic acids is 1. The summed E-state index contributed by atoms with van der Waals surface area (Å²) in [6.07, 6.45) is 3.89. The number of aryl methyl sites for hydroxylation is 2. The van der Waals surface area contributed by atoms with E-state index in [0.29, 0.717) is 22.6 Å². The van der Waals surface area contributed by atoms with Crippen molar-refractivity contribution in [2.45, 2.75) is 51.0 Å². The Morgan fingerprint density at radius 2 is 1.88 bits per heavy atom. The van der Waals surface area contributed by atoms with Gasteiger partial charge in [0.15, 0.2) is 5.82 Å². The number of benzene rings is 2. The van der Waals surface area contributed by atoms with E-state index < -0.39 is 21.7 Å². The Morgan fingerprint density at radius 1 is 1.09 bits per heavy atom. The van der Waals surface area contributed by atoms with E-state index in [0.717, 1.165) is 38.1 Å². The lowest BCUT2D eigenvalue weighted by Crippen LogP contribution is -2.21. The monoisotopic (exact) mass is 471 g/mol. The summed E-state index contributed by atoms with van der Waals surface area (Å²) in [5.74, 6) is 0.322. The van der Waals surface area contributed by atoms with Gasteiger partial charge in [-0.25, -0.2) is 17.5 Å². The maximum absolute atomic E-state index is 14.7. The molecule has 0 saturated heterocycles. The van der Waals surface area contributed by atoms with Crippen LogP contribution in [-0.2, 0) is 23.0 Å². The highest BCUT2D eigenvalue weighted by atomic mass is 32.2. The Bertz CT molecular complexity index is 1330. The number of amides is 1. The van der Waals surface area contributed by atoms with Crippen LogP contribution in [0.2, 0.25) is 0 Å². The van der Waals surface area contributed by atoms with E-state index in [1.807, 2.05) is 4.57 Å². The van der Waals surface area contributed by atoms with Crippen molar-refractivity contribution in [2.24, 2.45) is 0 Å². The van der Waals surface area contributed by atoms with Crippen LogP contribution in [0.3, 0.4) is 0 Å². The molecule has 1 aliphatic heterocycles. The molecule has 0 fully saturated rings. The molecule has 174 valence electrons. The van der Waals surface area contributed by atoms with Crippen molar-refractivity contribution in [1.82, 2.24) is 19.5 Å². The van der Waals surface area contributed by atoms with Gasteiger partial charge in [-0.05, 0) is 75.2 Å². The number of halogens is 1. The number of nitrogens with zero attached hydrogens (tertiary/aromatic N) is 3. The Hall–Kier alpha value is -3.11. The molecule has 0 radical (unpaired) electrons. The number of hydrogen-bond acceptors (Lipinski definition) is 5. The zero-order chi connectivity index (χ0) is 23.8. The number of fused-ring (bicyclic) bond motifs is 1. The first-order chi connectivity index (χ1) is 15.7. The van der Waals surface area contributed by atoms with Crippen molar-refractivity contribution in [3.63, 3.8) is 0 Å². The molecule has 0 aliphatic carbocycles. The second kappa shape index (κ2) is 9.03. The number of aromatic nitrogens is 3. The second-order valence-corrected chi connectivity index (χ2v) is 10.0. The normalized spacial score (nSPS) is 13.9. The molecule has 1 amide bonds. The van der Waals surface area contributed by atoms with Gasteiger partial charge in [0.1, 0.15) is 11.6 Å². The molecule has 1 aliphatic rings. The molecule has 10 heteroatoms. The first kappa shape index (κ1) is 23.1.